The Morgan fingerprint density at radius 2 is 1.14 bits per heavy atom. The lowest BCUT2D eigenvalue weighted by Gasteiger charge is -2.28. The van der Waals surface area contributed by atoms with Crippen LogP contribution in [0.4, 0.5) is 0 Å². The zero-order chi connectivity index (χ0) is 16.7. The van der Waals surface area contributed by atoms with Gasteiger partial charge in [0, 0.05) is 0 Å². The molecule has 9 nitrogen and oxygen atoms in total. The molecule has 0 bridgehead atoms. The predicted octanol–water partition coefficient (Wildman–Crippen LogP) is -0.275. The Balaban J connectivity index is 5.55. The van der Waals surface area contributed by atoms with Crippen LogP contribution >= 0.6 is 0 Å². The highest BCUT2D eigenvalue weighted by Gasteiger charge is 2.40. The van der Waals surface area contributed by atoms with E-state index in [0.29, 0.717) is 0 Å². The minimum atomic E-state index is -1.60. The first-order valence-corrected chi connectivity index (χ1v) is 6.13. The van der Waals surface area contributed by atoms with Crippen LogP contribution in [0.25, 0.3) is 0 Å². The van der Waals surface area contributed by atoms with Gasteiger partial charge in [0.25, 0.3) is 0 Å². The Morgan fingerprint density at radius 3 is 1.33 bits per heavy atom. The first-order chi connectivity index (χ1) is 9.56. The summed E-state index contributed by atoms with van der Waals surface area (Å²) in [6.07, 6.45) is -3.12. The molecule has 3 unspecified atom stereocenters. The maximum Gasteiger partial charge on any atom is 0.307 e. The van der Waals surface area contributed by atoms with Gasteiger partial charge in [-0.15, -0.1) is 0 Å². The molecular weight excluding hydrogens is 288 g/mol. The largest absolute Gasteiger partial charge is 0.481 e. The van der Waals surface area contributed by atoms with Crippen LogP contribution in [0.5, 0.6) is 0 Å². The van der Waals surface area contributed by atoms with Crippen LogP contribution in [0.15, 0.2) is 0 Å². The average molecular weight is 306 g/mol. The molecule has 0 heterocycles. The fraction of sp³-hybridized carbons (Fsp3) is 0.667. The van der Waals surface area contributed by atoms with Gasteiger partial charge in [0.15, 0.2) is 0 Å². The Morgan fingerprint density at radius 1 is 0.810 bits per heavy atom. The van der Waals surface area contributed by atoms with E-state index in [4.69, 9.17) is 20.4 Å². The minimum absolute atomic E-state index is 0.325. The lowest BCUT2D eigenvalue weighted by atomic mass is 9.75. The van der Waals surface area contributed by atoms with E-state index in [1.807, 2.05) is 0 Å². The number of aliphatic hydroxyl groups excluding tert-OH is 1. The van der Waals surface area contributed by atoms with E-state index in [9.17, 15) is 24.3 Å². The quantitative estimate of drug-likeness (QED) is 0.364. The predicted molar refractivity (Wildman–Crippen MR) is 66.5 cm³/mol. The summed E-state index contributed by atoms with van der Waals surface area (Å²) in [5.41, 5.74) is 0. The standard InChI is InChI=1S/C12H18O9/c1-5(13)2-6(7(11(18)19)3-9(14)15)8(12(20)21)4-10(16)17/h5-8,13H,2-4H2,1H3,(H,14,15)(H,16,17)(H,18,19)(H,20,21). The highest BCUT2D eigenvalue weighted by molar-refractivity contribution is 5.81. The monoisotopic (exact) mass is 306 g/mol. The van der Waals surface area contributed by atoms with Crippen molar-refractivity contribution < 1.29 is 44.7 Å². The third-order valence-corrected chi connectivity index (χ3v) is 3.07. The number of hydrogen-bond donors (Lipinski definition) is 5. The van der Waals surface area contributed by atoms with E-state index >= 15 is 0 Å². The van der Waals surface area contributed by atoms with E-state index in [1.165, 1.54) is 6.92 Å². The summed E-state index contributed by atoms with van der Waals surface area (Å²) in [6, 6.07) is 0. The molecule has 0 aromatic rings. The van der Waals surface area contributed by atoms with Crippen molar-refractivity contribution in [3.63, 3.8) is 0 Å². The second kappa shape index (κ2) is 8.20. The fourth-order valence-corrected chi connectivity index (χ4v) is 2.22. The van der Waals surface area contributed by atoms with Crippen LogP contribution in [0, 0.1) is 17.8 Å². The number of carboxylic acids is 4. The molecule has 0 saturated carbocycles. The summed E-state index contributed by atoms with van der Waals surface area (Å²) in [5, 5.41) is 45.0. The second-order valence-electron chi connectivity index (χ2n) is 4.83. The van der Waals surface area contributed by atoms with Crippen molar-refractivity contribution in [2.45, 2.75) is 32.3 Å². The molecule has 0 aliphatic heterocycles. The van der Waals surface area contributed by atoms with Crippen molar-refractivity contribution in [1.29, 1.82) is 0 Å². The highest BCUT2D eigenvalue weighted by Crippen LogP contribution is 2.32. The molecule has 0 amide bonds. The fourth-order valence-electron chi connectivity index (χ4n) is 2.22. The van der Waals surface area contributed by atoms with E-state index in [-0.39, 0.29) is 6.42 Å². The normalized spacial score (nSPS) is 16.5. The summed E-state index contributed by atoms with van der Waals surface area (Å²) < 4.78 is 0. The van der Waals surface area contributed by atoms with Gasteiger partial charge in [-0.05, 0) is 19.3 Å². The summed E-state index contributed by atoms with van der Waals surface area (Å²) in [5.74, 6) is -10.5. The van der Waals surface area contributed by atoms with Crippen LogP contribution < -0.4 is 0 Å². The summed E-state index contributed by atoms with van der Waals surface area (Å²) >= 11 is 0. The van der Waals surface area contributed by atoms with Gasteiger partial charge in [-0.1, -0.05) is 0 Å². The average Bonchev–Trinajstić information content (AvgIpc) is 2.29. The van der Waals surface area contributed by atoms with Crippen molar-refractivity contribution in [3.8, 4) is 0 Å². The number of carbonyl (C=O) groups is 4. The second-order valence-corrected chi connectivity index (χ2v) is 4.83. The molecule has 3 atom stereocenters. The number of aliphatic carboxylic acids is 4. The van der Waals surface area contributed by atoms with Crippen LogP contribution in [0.2, 0.25) is 0 Å². The molecule has 0 aliphatic rings. The molecule has 0 aliphatic carbocycles. The number of rotatable bonds is 10. The number of aliphatic hydroxyl groups is 1. The number of hydrogen-bond acceptors (Lipinski definition) is 5. The molecule has 0 rings (SSSR count). The third-order valence-electron chi connectivity index (χ3n) is 3.07. The molecule has 0 aromatic heterocycles. The first-order valence-electron chi connectivity index (χ1n) is 6.13. The van der Waals surface area contributed by atoms with Crippen LogP contribution in [-0.2, 0) is 19.2 Å². The van der Waals surface area contributed by atoms with Crippen molar-refractivity contribution in [2.75, 3.05) is 0 Å². The molecule has 0 spiro atoms. The molecule has 120 valence electrons. The SMILES string of the molecule is CC(O)CC(C(CC(=O)O)C(=O)O)C(CC(=O)O)C(=O)O. The van der Waals surface area contributed by atoms with Crippen LogP contribution in [0.1, 0.15) is 26.2 Å². The lowest BCUT2D eigenvalue weighted by molar-refractivity contribution is -0.158. The van der Waals surface area contributed by atoms with E-state index < -0.39 is 60.6 Å². The molecular formula is C12H18O9. The Bertz CT molecular complexity index is 381. The minimum Gasteiger partial charge on any atom is -0.481 e. The topological polar surface area (TPSA) is 169 Å². The summed E-state index contributed by atoms with van der Waals surface area (Å²) in [4.78, 5) is 43.8. The molecule has 9 heteroatoms. The third kappa shape index (κ3) is 6.70. The van der Waals surface area contributed by atoms with E-state index in [1.54, 1.807) is 0 Å². The van der Waals surface area contributed by atoms with Gasteiger partial charge in [0.2, 0.25) is 0 Å². The van der Waals surface area contributed by atoms with Gasteiger partial charge in [-0.25, -0.2) is 0 Å². The van der Waals surface area contributed by atoms with Gasteiger partial charge in [0.1, 0.15) is 0 Å². The molecule has 0 radical (unpaired) electrons. The van der Waals surface area contributed by atoms with Crippen molar-refractivity contribution >= 4 is 23.9 Å². The Kier molecular flexibility index (Phi) is 7.36. The first kappa shape index (κ1) is 18.8. The molecule has 0 saturated heterocycles. The van der Waals surface area contributed by atoms with Crippen LogP contribution in [-0.4, -0.2) is 55.5 Å². The Labute approximate surface area is 119 Å². The van der Waals surface area contributed by atoms with Gasteiger partial charge >= 0.3 is 23.9 Å². The van der Waals surface area contributed by atoms with Crippen LogP contribution in [0.3, 0.4) is 0 Å². The highest BCUT2D eigenvalue weighted by atomic mass is 16.4. The zero-order valence-electron chi connectivity index (χ0n) is 11.3. The molecule has 21 heavy (non-hydrogen) atoms. The summed E-state index contributed by atoms with van der Waals surface area (Å²) in [7, 11) is 0. The van der Waals surface area contributed by atoms with E-state index in [2.05, 4.69) is 0 Å². The van der Waals surface area contributed by atoms with Crippen molar-refractivity contribution in [3.05, 3.63) is 0 Å². The molecule has 0 aromatic carbocycles. The Hall–Kier alpha value is -2.16. The van der Waals surface area contributed by atoms with E-state index in [0.717, 1.165) is 0 Å². The van der Waals surface area contributed by atoms with Gasteiger partial charge in [-0.2, -0.15) is 0 Å². The van der Waals surface area contributed by atoms with Crippen molar-refractivity contribution in [1.82, 2.24) is 0 Å². The smallest absolute Gasteiger partial charge is 0.307 e. The lowest BCUT2D eigenvalue weighted by Crippen LogP contribution is -2.38. The molecule has 5 N–H and O–H groups in total. The van der Waals surface area contributed by atoms with Crippen molar-refractivity contribution in [2.24, 2.45) is 17.8 Å². The molecule has 0 fully saturated rings. The van der Waals surface area contributed by atoms with Gasteiger partial charge in [0.05, 0.1) is 30.8 Å². The zero-order valence-corrected chi connectivity index (χ0v) is 11.3. The maximum absolute atomic E-state index is 11.2. The van der Waals surface area contributed by atoms with Gasteiger partial charge in [-0.3, -0.25) is 19.2 Å². The summed E-state index contributed by atoms with van der Waals surface area (Å²) in [6.45, 7) is 1.28. The number of carboxylic acid groups (broad SMARTS) is 4. The maximum atomic E-state index is 11.2. The van der Waals surface area contributed by atoms with Gasteiger partial charge < -0.3 is 25.5 Å².